The van der Waals surface area contributed by atoms with Crippen molar-refractivity contribution < 1.29 is 57.1 Å². The highest BCUT2D eigenvalue weighted by atomic mass is 19.4. The van der Waals surface area contributed by atoms with Gasteiger partial charge in [-0.25, -0.2) is 0 Å². The van der Waals surface area contributed by atoms with Crippen molar-refractivity contribution in [2.45, 2.75) is 62.5 Å². The maximum absolute atomic E-state index is 13.3. The minimum absolute atomic E-state index is 0.299. The summed E-state index contributed by atoms with van der Waals surface area (Å²) in [6.07, 6.45) is -9.80. The van der Waals surface area contributed by atoms with Crippen LogP contribution >= 0.6 is 0 Å². The van der Waals surface area contributed by atoms with Gasteiger partial charge < -0.3 is 0 Å². The van der Waals surface area contributed by atoms with Crippen molar-refractivity contribution in [3.05, 3.63) is 0 Å². The molecule has 0 fully saturated rings. The highest BCUT2D eigenvalue weighted by molar-refractivity contribution is 5.10. The number of halogens is 13. The lowest BCUT2D eigenvalue weighted by atomic mass is 9.89. The van der Waals surface area contributed by atoms with E-state index in [9.17, 15) is 57.1 Å². The Morgan fingerprint density at radius 3 is 1.21 bits per heavy atom. The second-order valence-corrected chi connectivity index (χ2v) is 5.22. The lowest BCUT2D eigenvalue weighted by Gasteiger charge is -2.40. The summed E-state index contributed by atoms with van der Waals surface area (Å²) >= 11 is 0. The molecule has 0 aliphatic rings. The predicted molar refractivity (Wildman–Crippen MR) is 54.9 cm³/mol. The Morgan fingerprint density at radius 2 is 0.917 bits per heavy atom. The first-order valence-corrected chi connectivity index (χ1v) is 6.16. The van der Waals surface area contributed by atoms with Crippen LogP contribution in [0.4, 0.5) is 57.1 Å². The molecule has 146 valence electrons. The Balaban J connectivity index is 6.11. The molecule has 0 radical (unpaired) electrons. The van der Waals surface area contributed by atoms with Gasteiger partial charge in [0.05, 0.1) is 0 Å². The molecule has 13 heteroatoms. The van der Waals surface area contributed by atoms with E-state index < -0.39 is 48.1 Å². The molecule has 0 nitrogen and oxygen atoms in total. The smallest absolute Gasteiger partial charge is 0.200 e. The quantitative estimate of drug-likeness (QED) is 0.457. The summed E-state index contributed by atoms with van der Waals surface area (Å²) in [7, 11) is 0. The summed E-state index contributed by atoms with van der Waals surface area (Å²) in [4.78, 5) is 0. The third-order valence-corrected chi connectivity index (χ3v) is 3.30. The molecule has 1 atom stereocenters. The van der Waals surface area contributed by atoms with Crippen LogP contribution in [0.15, 0.2) is 0 Å². The van der Waals surface area contributed by atoms with Crippen LogP contribution < -0.4 is 0 Å². The Hall–Kier alpha value is -0.910. The van der Waals surface area contributed by atoms with Crippen molar-refractivity contribution in [2.24, 2.45) is 5.92 Å². The van der Waals surface area contributed by atoms with E-state index in [1.165, 1.54) is 0 Å². The average molecular weight is 390 g/mol. The van der Waals surface area contributed by atoms with Gasteiger partial charge in [0.15, 0.2) is 0 Å². The third-order valence-electron chi connectivity index (χ3n) is 3.30. The lowest BCUT2D eigenvalue weighted by molar-refractivity contribution is -0.440. The van der Waals surface area contributed by atoms with Crippen molar-refractivity contribution in [2.75, 3.05) is 0 Å². The highest BCUT2D eigenvalue weighted by Crippen LogP contribution is 2.60. The van der Waals surface area contributed by atoms with E-state index >= 15 is 0 Å². The first-order chi connectivity index (χ1) is 10.2. The molecule has 0 rings (SSSR count). The fraction of sp³-hybridized carbons (Fsp3) is 1.00. The van der Waals surface area contributed by atoms with Gasteiger partial charge in [0, 0.05) is 6.42 Å². The molecule has 0 saturated carbocycles. The summed E-state index contributed by atoms with van der Waals surface area (Å²) in [6, 6.07) is 0. The van der Waals surface area contributed by atoms with Crippen LogP contribution in [-0.2, 0) is 0 Å². The van der Waals surface area contributed by atoms with Crippen LogP contribution in [0.2, 0.25) is 0 Å². The van der Waals surface area contributed by atoms with E-state index in [4.69, 9.17) is 0 Å². The fourth-order valence-electron chi connectivity index (χ4n) is 1.51. The van der Waals surface area contributed by atoms with Gasteiger partial charge in [-0.15, -0.1) is 0 Å². The Kier molecular flexibility index (Phi) is 5.88. The van der Waals surface area contributed by atoms with E-state index in [1.54, 1.807) is 0 Å². The zero-order valence-corrected chi connectivity index (χ0v) is 11.9. The molecular formula is C11H11F13. The zero-order chi connectivity index (χ0) is 20.0. The summed E-state index contributed by atoms with van der Waals surface area (Å²) in [6.45, 7) is 1.98. The van der Waals surface area contributed by atoms with E-state index in [-0.39, 0.29) is 6.42 Å². The molecule has 0 bridgehead atoms. The topological polar surface area (TPSA) is 0 Å². The number of alkyl halides is 13. The van der Waals surface area contributed by atoms with Gasteiger partial charge in [0.1, 0.15) is 0 Å². The normalized spacial score (nSPS) is 17.1. The van der Waals surface area contributed by atoms with Crippen molar-refractivity contribution in [1.29, 1.82) is 0 Å². The minimum atomic E-state index is -7.82. The van der Waals surface area contributed by atoms with Crippen molar-refractivity contribution in [3.8, 4) is 0 Å². The summed E-state index contributed by atoms with van der Waals surface area (Å²) in [5, 5.41) is 0. The second kappa shape index (κ2) is 6.11. The molecule has 0 saturated heterocycles. The molecule has 24 heavy (non-hydrogen) atoms. The van der Waals surface area contributed by atoms with Gasteiger partial charge in [-0.05, 0) is 5.92 Å². The largest absolute Gasteiger partial charge is 0.460 e. The van der Waals surface area contributed by atoms with Gasteiger partial charge in [-0.3, -0.25) is 0 Å². The highest BCUT2D eigenvalue weighted by Gasteiger charge is 2.90. The van der Waals surface area contributed by atoms with Gasteiger partial charge in [0.25, 0.3) is 0 Å². The molecule has 0 aromatic carbocycles. The fourth-order valence-corrected chi connectivity index (χ4v) is 1.51. The zero-order valence-electron chi connectivity index (χ0n) is 11.9. The van der Waals surface area contributed by atoms with Crippen LogP contribution in [0.5, 0.6) is 0 Å². The van der Waals surface area contributed by atoms with Crippen LogP contribution in [0.1, 0.15) is 26.7 Å². The van der Waals surface area contributed by atoms with E-state index in [2.05, 4.69) is 0 Å². The van der Waals surface area contributed by atoms with Gasteiger partial charge in [0.2, 0.25) is 0 Å². The van der Waals surface area contributed by atoms with Crippen molar-refractivity contribution >= 4 is 0 Å². The van der Waals surface area contributed by atoms with Crippen LogP contribution in [-0.4, -0.2) is 35.8 Å². The molecule has 0 heterocycles. The molecule has 0 aliphatic heterocycles. The summed E-state index contributed by atoms with van der Waals surface area (Å²) in [5.41, 5.74) is 0. The van der Waals surface area contributed by atoms with Gasteiger partial charge in [-0.1, -0.05) is 20.3 Å². The Morgan fingerprint density at radius 1 is 0.583 bits per heavy atom. The summed E-state index contributed by atoms with van der Waals surface area (Å²) in [5.74, 6) is -37.7. The maximum Gasteiger partial charge on any atom is 0.460 e. The second-order valence-electron chi connectivity index (χ2n) is 5.22. The van der Waals surface area contributed by atoms with Gasteiger partial charge >= 0.3 is 35.8 Å². The standard InChI is InChI=1S/C11H11F13/c1-3-5(2)4-6(12,13)7(14,15)8(16,17)9(18,19)10(20,21)11(22,23)24/h5H,3-4H2,1-2H3. The molecule has 0 spiro atoms. The average Bonchev–Trinajstić information content (AvgIpc) is 2.35. The van der Waals surface area contributed by atoms with Gasteiger partial charge in [-0.2, -0.15) is 57.1 Å². The molecule has 0 aromatic rings. The van der Waals surface area contributed by atoms with Crippen LogP contribution in [0, 0.1) is 5.92 Å². The molecule has 0 amide bonds. The van der Waals surface area contributed by atoms with Crippen molar-refractivity contribution in [1.82, 2.24) is 0 Å². The molecular weight excluding hydrogens is 379 g/mol. The maximum atomic E-state index is 13.3. The van der Waals surface area contributed by atoms with Crippen LogP contribution in [0.3, 0.4) is 0 Å². The monoisotopic (exact) mass is 390 g/mol. The minimum Gasteiger partial charge on any atom is -0.200 e. The molecule has 0 aromatic heterocycles. The summed E-state index contributed by atoms with van der Waals surface area (Å²) < 4.78 is 165. The van der Waals surface area contributed by atoms with Crippen molar-refractivity contribution in [3.63, 3.8) is 0 Å². The lowest BCUT2D eigenvalue weighted by Crippen LogP contribution is -2.70. The predicted octanol–water partition coefficient (Wildman–Crippen LogP) is 6.16. The van der Waals surface area contributed by atoms with E-state index in [0.717, 1.165) is 13.8 Å². The Bertz CT molecular complexity index is 434. The van der Waals surface area contributed by atoms with E-state index in [0.29, 0.717) is 0 Å². The third kappa shape index (κ3) is 3.26. The van der Waals surface area contributed by atoms with E-state index in [1.807, 2.05) is 0 Å². The first-order valence-electron chi connectivity index (χ1n) is 6.16. The Labute approximate surface area is 127 Å². The molecule has 0 aliphatic carbocycles. The van der Waals surface area contributed by atoms with Crippen LogP contribution in [0.25, 0.3) is 0 Å². The number of hydrogen-bond acceptors (Lipinski definition) is 0. The number of hydrogen-bond donors (Lipinski definition) is 0. The first kappa shape index (κ1) is 23.1. The number of rotatable bonds is 7. The molecule has 0 N–H and O–H groups in total. The SMILES string of the molecule is CCC(C)CC(F)(F)C(F)(F)C(F)(F)C(F)(F)C(F)(F)C(F)(F)F. The molecule has 1 unspecified atom stereocenters.